The van der Waals surface area contributed by atoms with E-state index in [-0.39, 0.29) is 5.91 Å². The Kier molecular flexibility index (Phi) is 3.97. The predicted molar refractivity (Wildman–Crippen MR) is 86.5 cm³/mol. The van der Waals surface area contributed by atoms with Crippen molar-refractivity contribution in [1.82, 2.24) is 15.8 Å². The summed E-state index contributed by atoms with van der Waals surface area (Å²) in [5.74, 6) is -0.611. The van der Waals surface area contributed by atoms with Gasteiger partial charge in [0.05, 0.1) is 5.41 Å². The third-order valence-electron chi connectivity index (χ3n) is 3.76. The molecule has 22 heavy (non-hydrogen) atoms. The van der Waals surface area contributed by atoms with Gasteiger partial charge in [0, 0.05) is 15.7 Å². The van der Waals surface area contributed by atoms with Crippen molar-refractivity contribution in [2.45, 2.75) is 18.3 Å². The SMILES string of the molecule is O=C(NNC(=O)C1(c2ccc(Cl)cc2)CC1)c1cc(Br)c[nH]1. The molecule has 2 aromatic rings. The van der Waals surface area contributed by atoms with E-state index in [1.807, 2.05) is 12.1 Å². The maximum absolute atomic E-state index is 12.4. The zero-order valence-corrected chi connectivity index (χ0v) is 13.8. The Morgan fingerprint density at radius 3 is 2.41 bits per heavy atom. The maximum atomic E-state index is 12.4. The molecule has 1 aromatic heterocycles. The lowest BCUT2D eigenvalue weighted by Crippen LogP contribution is -2.46. The lowest BCUT2D eigenvalue weighted by atomic mass is 9.95. The van der Waals surface area contributed by atoms with Gasteiger partial charge in [-0.25, -0.2) is 0 Å². The fourth-order valence-corrected chi connectivity index (χ4v) is 2.81. The fourth-order valence-electron chi connectivity index (χ4n) is 2.34. The highest BCUT2D eigenvalue weighted by atomic mass is 79.9. The number of rotatable bonds is 3. The van der Waals surface area contributed by atoms with E-state index in [1.165, 1.54) is 0 Å². The lowest BCUT2D eigenvalue weighted by Gasteiger charge is -2.16. The van der Waals surface area contributed by atoms with E-state index in [0.29, 0.717) is 10.7 Å². The van der Waals surface area contributed by atoms with Crippen molar-refractivity contribution in [3.8, 4) is 0 Å². The Morgan fingerprint density at radius 1 is 1.18 bits per heavy atom. The van der Waals surface area contributed by atoms with Gasteiger partial charge >= 0.3 is 0 Å². The van der Waals surface area contributed by atoms with Crippen molar-refractivity contribution < 1.29 is 9.59 Å². The van der Waals surface area contributed by atoms with Crippen LogP contribution in [0.15, 0.2) is 41.0 Å². The molecule has 2 amide bonds. The van der Waals surface area contributed by atoms with Gasteiger partial charge in [-0.1, -0.05) is 23.7 Å². The van der Waals surface area contributed by atoms with E-state index >= 15 is 0 Å². The molecule has 5 nitrogen and oxygen atoms in total. The molecular weight excluding hydrogens is 370 g/mol. The normalized spacial score (nSPS) is 15.2. The van der Waals surface area contributed by atoms with E-state index in [0.717, 1.165) is 22.9 Å². The Hall–Kier alpha value is -1.79. The number of carbonyl (C=O) groups is 2. The molecule has 1 fully saturated rings. The molecule has 0 atom stereocenters. The molecule has 1 aliphatic rings. The zero-order chi connectivity index (χ0) is 15.7. The number of carbonyl (C=O) groups excluding carboxylic acids is 2. The summed E-state index contributed by atoms with van der Waals surface area (Å²) in [6.07, 6.45) is 3.15. The molecule has 1 saturated carbocycles. The summed E-state index contributed by atoms with van der Waals surface area (Å²) < 4.78 is 0.767. The second-order valence-electron chi connectivity index (χ2n) is 5.23. The Morgan fingerprint density at radius 2 is 1.86 bits per heavy atom. The number of amides is 2. The first-order valence-electron chi connectivity index (χ1n) is 6.72. The van der Waals surface area contributed by atoms with Gasteiger partial charge in [-0.05, 0) is 52.5 Å². The Bertz CT molecular complexity index is 723. The van der Waals surface area contributed by atoms with Gasteiger partial charge in [0.1, 0.15) is 5.69 Å². The summed E-state index contributed by atoms with van der Waals surface area (Å²) in [7, 11) is 0. The molecule has 1 aromatic carbocycles. The van der Waals surface area contributed by atoms with Crippen molar-refractivity contribution in [2.75, 3.05) is 0 Å². The summed E-state index contributed by atoms with van der Waals surface area (Å²) in [5, 5.41) is 0.630. The molecular formula is C15H13BrClN3O2. The predicted octanol–water partition coefficient (Wildman–Crippen LogP) is 2.92. The molecule has 0 radical (unpaired) electrons. The van der Waals surface area contributed by atoms with Crippen LogP contribution in [0.25, 0.3) is 0 Å². The first-order chi connectivity index (χ1) is 10.5. The average molecular weight is 383 g/mol. The van der Waals surface area contributed by atoms with Crippen LogP contribution in [-0.2, 0) is 10.2 Å². The molecule has 0 spiro atoms. The number of H-pyrrole nitrogens is 1. The highest BCUT2D eigenvalue weighted by Crippen LogP contribution is 2.48. The van der Waals surface area contributed by atoms with Crippen LogP contribution in [0.1, 0.15) is 28.9 Å². The van der Waals surface area contributed by atoms with Crippen LogP contribution in [-0.4, -0.2) is 16.8 Å². The van der Waals surface area contributed by atoms with Crippen LogP contribution in [0.2, 0.25) is 5.02 Å². The number of nitrogens with one attached hydrogen (secondary N) is 3. The highest BCUT2D eigenvalue weighted by molar-refractivity contribution is 9.10. The summed E-state index contributed by atoms with van der Waals surface area (Å²) in [4.78, 5) is 27.1. The molecule has 7 heteroatoms. The number of hydrazine groups is 1. The molecule has 114 valence electrons. The summed E-state index contributed by atoms with van der Waals surface area (Å²) >= 11 is 9.12. The Labute approximate surface area is 140 Å². The van der Waals surface area contributed by atoms with Crippen molar-refractivity contribution >= 4 is 39.3 Å². The molecule has 1 heterocycles. The van der Waals surface area contributed by atoms with Crippen LogP contribution >= 0.6 is 27.5 Å². The van der Waals surface area contributed by atoms with Crippen molar-refractivity contribution in [1.29, 1.82) is 0 Å². The van der Waals surface area contributed by atoms with Crippen LogP contribution in [0.5, 0.6) is 0 Å². The highest BCUT2D eigenvalue weighted by Gasteiger charge is 2.51. The van der Waals surface area contributed by atoms with Crippen LogP contribution in [0, 0.1) is 0 Å². The van der Waals surface area contributed by atoms with E-state index < -0.39 is 11.3 Å². The molecule has 3 N–H and O–H groups in total. The largest absolute Gasteiger partial charge is 0.356 e. The zero-order valence-electron chi connectivity index (χ0n) is 11.5. The first-order valence-corrected chi connectivity index (χ1v) is 7.89. The van der Waals surface area contributed by atoms with Gasteiger partial charge in [0.2, 0.25) is 5.91 Å². The molecule has 0 aliphatic heterocycles. The minimum absolute atomic E-state index is 0.214. The molecule has 1 aliphatic carbocycles. The van der Waals surface area contributed by atoms with E-state index in [1.54, 1.807) is 24.4 Å². The minimum atomic E-state index is -0.561. The number of hydrogen-bond donors (Lipinski definition) is 3. The standard InChI is InChI=1S/C15H13BrClN3O2/c16-10-7-12(18-8-10)13(21)19-20-14(22)15(5-6-15)9-1-3-11(17)4-2-9/h1-4,7-8,18H,5-6H2,(H,19,21)(H,20,22). The number of benzene rings is 1. The van der Waals surface area contributed by atoms with Gasteiger partial charge in [0.15, 0.2) is 0 Å². The van der Waals surface area contributed by atoms with Gasteiger partial charge in [-0.3, -0.25) is 20.4 Å². The van der Waals surface area contributed by atoms with Crippen molar-refractivity contribution in [3.63, 3.8) is 0 Å². The molecule has 3 rings (SSSR count). The van der Waals surface area contributed by atoms with Gasteiger partial charge in [0.25, 0.3) is 5.91 Å². The second kappa shape index (κ2) is 5.78. The van der Waals surface area contributed by atoms with E-state index in [4.69, 9.17) is 11.6 Å². The smallest absolute Gasteiger partial charge is 0.286 e. The number of aromatic amines is 1. The van der Waals surface area contributed by atoms with Crippen molar-refractivity contribution in [3.05, 3.63) is 57.3 Å². The summed E-state index contributed by atoms with van der Waals surface area (Å²) in [6, 6.07) is 8.85. The third kappa shape index (κ3) is 2.89. The van der Waals surface area contributed by atoms with Gasteiger partial charge in [-0.2, -0.15) is 0 Å². The molecule has 0 unspecified atom stereocenters. The van der Waals surface area contributed by atoms with Gasteiger partial charge in [-0.15, -0.1) is 0 Å². The van der Waals surface area contributed by atoms with Gasteiger partial charge < -0.3 is 4.98 Å². The summed E-state index contributed by atoms with van der Waals surface area (Å²) in [5.41, 5.74) is 5.63. The van der Waals surface area contributed by atoms with E-state index in [9.17, 15) is 9.59 Å². The lowest BCUT2D eigenvalue weighted by molar-refractivity contribution is -0.124. The first kappa shape index (κ1) is 15.1. The fraction of sp³-hybridized carbons (Fsp3) is 0.200. The van der Waals surface area contributed by atoms with E-state index in [2.05, 4.69) is 31.8 Å². The van der Waals surface area contributed by atoms with Crippen LogP contribution in [0.3, 0.4) is 0 Å². The molecule has 0 bridgehead atoms. The maximum Gasteiger partial charge on any atom is 0.286 e. The monoisotopic (exact) mass is 381 g/mol. The van der Waals surface area contributed by atoms with Crippen molar-refractivity contribution in [2.24, 2.45) is 0 Å². The van der Waals surface area contributed by atoms with Crippen LogP contribution < -0.4 is 10.9 Å². The van der Waals surface area contributed by atoms with Crippen LogP contribution in [0.4, 0.5) is 0 Å². The second-order valence-corrected chi connectivity index (χ2v) is 6.58. The number of halogens is 2. The number of hydrogen-bond acceptors (Lipinski definition) is 2. The molecule has 0 saturated heterocycles. The number of aromatic nitrogens is 1. The third-order valence-corrected chi connectivity index (χ3v) is 4.47. The summed E-state index contributed by atoms with van der Waals surface area (Å²) in [6.45, 7) is 0. The minimum Gasteiger partial charge on any atom is -0.356 e. The topological polar surface area (TPSA) is 74.0 Å². The average Bonchev–Trinajstić information content (AvgIpc) is 3.21. The quantitative estimate of drug-likeness (QED) is 0.714. The Balaban J connectivity index is 1.64.